The SMILES string of the molecule is Cc1cc(C#N)cc2nc(-c3ccc(OCN4CCN(c5ccc(C(F)(F)F)cc5)CC4)cc3)oc12. The van der Waals surface area contributed by atoms with Crippen LogP contribution in [-0.4, -0.2) is 42.8 Å². The van der Waals surface area contributed by atoms with Gasteiger partial charge >= 0.3 is 6.18 Å². The molecule has 36 heavy (non-hydrogen) atoms. The van der Waals surface area contributed by atoms with Crippen LogP contribution in [0, 0.1) is 18.3 Å². The molecule has 184 valence electrons. The number of piperazine rings is 1. The minimum absolute atomic E-state index is 0.416. The molecule has 0 N–H and O–H groups in total. The lowest BCUT2D eigenvalue weighted by Crippen LogP contribution is -2.47. The van der Waals surface area contributed by atoms with E-state index in [9.17, 15) is 13.2 Å². The van der Waals surface area contributed by atoms with Gasteiger partial charge in [0.2, 0.25) is 5.89 Å². The van der Waals surface area contributed by atoms with Crippen molar-refractivity contribution in [3.63, 3.8) is 0 Å². The van der Waals surface area contributed by atoms with Gasteiger partial charge in [-0.05, 0) is 73.2 Å². The number of hydrogen-bond donors (Lipinski definition) is 0. The van der Waals surface area contributed by atoms with Crippen molar-refractivity contribution in [2.75, 3.05) is 37.8 Å². The van der Waals surface area contributed by atoms with E-state index in [1.54, 1.807) is 12.1 Å². The molecule has 4 aromatic rings. The van der Waals surface area contributed by atoms with E-state index in [-0.39, 0.29) is 0 Å². The highest BCUT2D eigenvalue weighted by Gasteiger charge is 2.30. The van der Waals surface area contributed by atoms with Crippen molar-refractivity contribution in [3.8, 4) is 23.3 Å². The number of hydrogen-bond acceptors (Lipinski definition) is 6. The van der Waals surface area contributed by atoms with Crippen LogP contribution in [0.1, 0.15) is 16.7 Å². The highest BCUT2D eigenvalue weighted by molar-refractivity contribution is 5.80. The molecule has 0 radical (unpaired) electrons. The summed E-state index contributed by atoms with van der Waals surface area (Å²) in [4.78, 5) is 8.76. The third-order valence-corrected chi connectivity index (χ3v) is 6.25. The minimum Gasteiger partial charge on any atom is -0.478 e. The Morgan fingerprint density at radius 3 is 2.33 bits per heavy atom. The lowest BCUT2D eigenvalue weighted by atomic mass is 10.1. The fourth-order valence-corrected chi connectivity index (χ4v) is 4.24. The highest BCUT2D eigenvalue weighted by Crippen LogP contribution is 2.31. The average molecular weight is 493 g/mol. The quantitative estimate of drug-likeness (QED) is 0.348. The first-order valence-corrected chi connectivity index (χ1v) is 11.5. The summed E-state index contributed by atoms with van der Waals surface area (Å²) in [5.41, 5.74) is 3.68. The number of alkyl halides is 3. The molecule has 1 saturated heterocycles. The van der Waals surface area contributed by atoms with Crippen LogP contribution in [0.2, 0.25) is 0 Å². The number of rotatable bonds is 5. The Kier molecular flexibility index (Phi) is 6.29. The van der Waals surface area contributed by atoms with E-state index < -0.39 is 11.7 Å². The second kappa shape index (κ2) is 9.55. The molecule has 6 nitrogen and oxygen atoms in total. The largest absolute Gasteiger partial charge is 0.478 e. The zero-order valence-corrected chi connectivity index (χ0v) is 19.5. The molecular weight excluding hydrogens is 469 g/mol. The van der Waals surface area contributed by atoms with Gasteiger partial charge in [0, 0.05) is 37.4 Å². The van der Waals surface area contributed by atoms with Crippen LogP contribution in [0.15, 0.2) is 65.1 Å². The third-order valence-electron chi connectivity index (χ3n) is 6.25. The Labute approximate surface area is 206 Å². The van der Waals surface area contributed by atoms with E-state index in [1.807, 2.05) is 31.2 Å². The molecule has 1 aliphatic heterocycles. The van der Waals surface area contributed by atoms with Crippen LogP contribution in [0.4, 0.5) is 18.9 Å². The van der Waals surface area contributed by atoms with Crippen molar-refractivity contribution < 1.29 is 22.3 Å². The zero-order chi connectivity index (χ0) is 25.3. The molecule has 0 aliphatic carbocycles. The Hall–Kier alpha value is -4.03. The molecule has 3 aromatic carbocycles. The van der Waals surface area contributed by atoms with Crippen LogP contribution in [0.25, 0.3) is 22.6 Å². The maximum absolute atomic E-state index is 12.8. The summed E-state index contributed by atoms with van der Waals surface area (Å²) < 4.78 is 50.2. The summed E-state index contributed by atoms with van der Waals surface area (Å²) in [6.45, 7) is 5.20. The van der Waals surface area contributed by atoms with Gasteiger partial charge in [-0.25, -0.2) is 4.98 Å². The van der Waals surface area contributed by atoms with Gasteiger partial charge in [0.15, 0.2) is 5.58 Å². The molecule has 9 heteroatoms. The molecule has 0 saturated carbocycles. The summed E-state index contributed by atoms with van der Waals surface area (Å²) >= 11 is 0. The van der Waals surface area contributed by atoms with Crippen LogP contribution in [-0.2, 0) is 6.18 Å². The van der Waals surface area contributed by atoms with Crippen LogP contribution in [0.5, 0.6) is 5.75 Å². The fourth-order valence-electron chi connectivity index (χ4n) is 4.24. The molecule has 1 aromatic heterocycles. The Bertz CT molecular complexity index is 1400. The lowest BCUT2D eigenvalue weighted by molar-refractivity contribution is -0.137. The fraction of sp³-hybridized carbons (Fsp3) is 0.259. The summed E-state index contributed by atoms with van der Waals surface area (Å²) in [5.74, 6) is 1.19. The van der Waals surface area contributed by atoms with Crippen LogP contribution < -0.4 is 9.64 Å². The maximum atomic E-state index is 12.8. The second-order valence-electron chi connectivity index (χ2n) is 8.72. The van der Waals surface area contributed by atoms with Crippen molar-refractivity contribution in [1.29, 1.82) is 5.26 Å². The normalized spacial score (nSPS) is 14.7. The van der Waals surface area contributed by atoms with E-state index in [0.717, 1.165) is 42.0 Å². The van der Waals surface area contributed by atoms with Gasteiger partial charge in [0.1, 0.15) is 18.0 Å². The van der Waals surface area contributed by atoms with Crippen molar-refractivity contribution in [2.45, 2.75) is 13.1 Å². The minimum atomic E-state index is -4.32. The molecular formula is C27H23F3N4O2. The Balaban J connectivity index is 1.15. The Morgan fingerprint density at radius 1 is 1.00 bits per heavy atom. The van der Waals surface area contributed by atoms with Gasteiger partial charge in [-0.2, -0.15) is 18.4 Å². The number of halogens is 3. The van der Waals surface area contributed by atoms with E-state index >= 15 is 0 Å². The number of nitriles is 1. The number of benzene rings is 3. The molecule has 1 fully saturated rings. The second-order valence-corrected chi connectivity index (χ2v) is 8.72. The predicted octanol–water partition coefficient (Wildman–Crippen LogP) is 5.85. The number of aromatic nitrogens is 1. The van der Waals surface area contributed by atoms with Gasteiger partial charge in [0.05, 0.1) is 17.2 Å². The first-order valence-electron chi connectivity index (χ1n) is 11.5. The Morgan fingerprint density at radius 2 is 1.69 bits per heavy atom. The van der Waals surface area contributed by atoms with E-state index in [4.69, 9.17) is 14.4 Å². The average Bonchev–Trinajstić information content (AvgIpc) is 3.32. The lowest BCUT2D eigenvalue weighted by Gasteiger charge is -2.35. The summed E-state index contributed by atoms with van der Waals surface area (Å²) in [5, 5.41) is 9.16. The molecule has 0 unspecified atom stereocenters. The molecule has 5 rings (SSSR count). The molecule has 2 heterocycles. The third kappa shape index (κ3) is 4.99. The van der Waals surface area contributed by atoms with Gasteiger partial charge in [-0.15, -0.1) is 0 Å². The summed E-state index contributed by atoms with van der Waals surface area (Å²) in [7, 11) is 0. The van der Waals surface area contributed by atoms with E-state index in [0.29, 0.717) is 48.1 Å². The van der Waals surface area contributed by atoms with Crippen molar-refractivity contribution in [1.82, 2.24) is 9.88 Å². The number of anilines is 1. The van der Waals surface area contributed by atoms with Crippen molar-refractivity contribution in [3.05, 3.63) is 77.4 Å². The van der Waals surface area contributed by atoms with Gasteiger partial charge in [-0.1, -0.05) is 0 Å². The topological polar surface area (TPSA) is 65.5 Å². The number of fused-ring (bicyclic) bond motifs is 1. The molecule has 0 spiro atoms. The number of aryl methyl sites for hydroxylation is 1. The van der Waals surface area contributed by atoms with Crippen molar-refractivity contribution >= 4 is 16.8 Å². The standard InChI is InChI=1S/C27H23F3N4O2/c1-18-14-19(16-31)15-24-25(18)36-26(32-24)20-2-8-23(9-3-20)35-17-33-10-12-34(13-11-33)22-6-4-21(5-7-22)27(28,29)30/h2-9,14-15H,10-13,17H2,1H3. The van der Waals surface area contributed by atoms with Crippen molar-refractivity contribution in [2.24, 2.45) is 0 Å². The molecule has 0 bridgehead atoms. The smallest absolute Gasteiger partial charge is 0.416 e. The number of oxazole rings is 1. The van der Waals surface area contributed by atoms with E-state index in [1.165, 1.54) is 12.1 Å². The predicted molar refractivity (Wildman–Crippen MR) is 130 cm³/mol. The van der Waals surface area contributed by atoms with Crippen LogP contribution >= 0.6 is 0 Å². The first kappa shape index (κ1) is 23.7. The van der Waals surface area contributed by atoms with E-state index in [2.05, 4.69) is 20.9 Å². The maximum Gasteiger partial charge on any atom is 0.416 e. The monoisotopic (exact) mass is 492 g/mol. The number of ether oxygens (including phenoxy) is 1. The number of nitrogens with zero attached hydrogens (tertiary/aromatic N) is 4. The van der Waals surface area contributed by atoms with Gasteiger partial charge in [-0.3, -0.25) is 4.90 Å². The van der Waals surface area contributed by atoms with Gasteiger partial charge < -0.3 is 14.1 Å². The summed E-state index contributed by atoms with van der Waals surface area (Å²) in [6, 6.07) is 18.4. The molecule has 1 aliphatic rings. The molecule has 0 amide bonds. The zero-order valence-electron chi connectivity index (χ0n) is 19.5. The van der Waals surface area contributed by atoms with Gasteiger partial charge in [0.25, 0.3) is 0 Å². The highest BCUT2D eigenvalue weighted by atomic mass is 19.4. The molecule has 0 atom stereocenters. The van der Waals surface area contributed by atoms with Crippen LogP contribution in [0.3, 0.4) is 0 Å². The first-order chi connectivity index (χ1) is 17.3. The summed E-state index contributed by atoms with van der Waals surface area (Å²) in [6.07, 6.45) is -4.32.